The molecule has 5 heteroatoms. The summed E-state index contributed by atoms with van der Waals surface area (Å²) < 4.78 is 31.2. The molecule has 0 bridgehead atoms. The van der Waals surface area contributed by atoms with E-state index in [-0.39, 0.29) is 15.4 Å². The fraction of sp³-hybridized carbons (Fsp3) is 0.167. The summed E-state index contributed by atoms with van der Waals surface area (Å²) in [5.41, 5.74) is 0. The Labute approximate surface area is 68.1 Å². The molecular formula is C6H7O3S2-. The molecule has 1 unspecified atom stereocenters. The SMILES string of the molecule is CS1=CC=C(S(=O)(=O)[O-])C=C1. The lowest BCUT2D eigenvalue weighted by Gasteiger charge is -2.09. The predicted octanol–water partition coefficient (Wildman–Crippen LogP) is 0.644. The molecule has 0 aliphatic carbocycles. The van der Waals surface area contributed by atoms with Gasteiger partial charge in [0.25, 0.3) is 0 Å². The average molecular weight is 191 g/mol. The quantitative estimate of drug-likeness (QED) is 0.451. The van der Waals surface area contributed by atoms with E-state index in [1.54, 1.807) is 10.8 Å². The molecule has 0 saturated carbocycles. The van der Waals surface area contributed by atoms with E-state index in [2.05, 4.69) is 0 Å². The highest BCUT2D eigenvalue weighted by atomic mass is 32.2. The Balaban J connectivity index is 3.08. The van der Waals surface area contributed by atoms with Crippen molar-refractivity contribution in [2.24, 2.45) is 0 Å². The van der Waals surface area contributed by atoms with Crippen LogP contribution in [0.5, 0.6) is 0 Å². The Hall–Kier alpha value is -0.390. The van der Waals surface area contributed by atoms with E-state index in [0.29, 0.717) is 0 Å². The first-order valence-corrected chi connectivity index (χ1v) is 6.00. The highest BCUT2D eigenvalue weighted by molar-refractivity contribution is 8.17. The minimum atomic E-state index is -4.25. The zero-order valence-electron chi connectivity index (χ0n) is 5.85. The van der Waals surface area contributed by atoms with E-state index in [0.717, 1.165) is 0 Å². The normalized spacial score (nSPS) is 24.2. The molecule has 11 heavy (non-hydrogen) atoms. The summed E-state index contributed by atoms with van der Waals surface area (Å²) in [6.07, 6.45) is 4.64. The maximum Gasteiger partial charge on any atom is 0.124 e. The van der Waals surface area contributed by atoms with Gasteiger partial charge in [0.05, 0.1) is 4.91 Å². The van der Waals surface area contributed by atoms with E-state index >= 15 is 0 Å². The summed E-state index contributed by atoms with van der Waals surface area (Å²) >= 11 is 0. The monoisotopic (exact) mass is 191 g/mol. The van der Waals surface area contributed by atoms with Gasteiger partial charge in [-0.2, -0.15) is 10.5 Å². The van der Waals surface area contributed by atoms with Gasteiger partial charge in [-0.05, 0) is 29.2 Å². The molecule has 0 aromatic carbocycles. The second-order valence-electron chi connectivity index (χ2n) is 2.07. The van der Waals surface area contributed by atoms with Gasteiger partial charge in [0.15, 0.2) is 0 Å². The zero-order chi connectivity index (χ0) is 8.48. The topological polar surface area (TPSA) is 57.2 Å². The summed E-state index contributed by atoms with van der Waals surface area (Å²) in [7, 11) is -4.28. The minimum Gasteiger partial charge on any atom is -0.744 e. The van der Waals surface area contributed by atoms with Crippen molar-refractivity contribution < 1.29 is 13.0 Å². The molecule has 0 aromatic rings. The smallest absolute Gasteiger partial charge is 0.124 e. The summed E-state index contributed by atoms with van der Waals surface area (Å²) in [6, 6.07) is 0. The van der Waals surface area contributed by atoms with Crippen molar-refractivity contribution in [1.82, 2.24) is 0 Å². The fourth-order valence-electron chi connectivity index (χ4n) is 0.616. The van der Waals surface area contributed by atoms with Crippen LogP contribution in [0.15, 0.2) is 22.5 Å². The van der Waals surface area contributed by atoms with Gasteiger partial charge in [0.1, 0.15) is 10.1 Å². The summed E-state index contributed by atoms with van der Waals surface area (Å²) in [4.78, 5) is -0.150. The van der Waals surface area contributed by atoms with Crippen LogP contribution in [0.1, 0.15) is 0 Å². The average Bonchev–Trinajstić information content (AvgIpc) is 1.86. The molecule has 1 aliphatic rings. The van der Waals surface area contributed by atoms with E-state index in [1.807, 2.05) is 6.26 Å². The maximum atomic E-state index is 10.4. The van der Waals surface area contributed by atoms with Crippen molar-refractivity contribution in [3.8, 4) is 0 Å². The molecule has 62 valence electrons. The lowest BCUT2D eigenvalue weighted by molar-refractivity contribution is 0.472. The Morgan fingerprint density at radius 1 is 1.55 bits per heavy atom. The minimum absolute atomic E-state index is 0.0310. The summed E-state index contributed by atoms with van der Waals surface area (Å²) in [6.45, 7) is 0. The molecule has 1 aliphatic heterocycles. The van der Waals surface area contributed by atoms with Crippen LogP contribution in [0.4, 0.5) is 0 Å². The largest absolute Gasteiger partial charge is 0.744 e. The van der Waals surface area contributed by atoms with E-state index in [1.165, 1.54) is 12.2 Å². The predicted molar refractivity (Wildman–Crippen MR) is 46.5 cm³/mol. The van der Waals surface area contributed by atoms with Gasteiger partial charge in [0.2, 0.25) is 0 Å². The van der Waals surface area contributed by atoms with Gasteiger partial charge >= 0.3 is 0 Å². The molecule has 0 N–H and O–H groups in total. The zero-order valence-corrected chi connectivity index (χ0v) is 7.48. The first kappa shape index (κ1) is 8.70. The van der Waals surface area contributed by atoms with Gasteiger partial charge in [-0.1, -0.05) is 0 Å². The third-order valence-electron chi connectivity index (χ3n) is 1.18. The highest BCUT2D eigenvalue weighted by Gasteiger charge is 2.02. The van der Waals surface area contributed by atoms with Crippen LogP contribution < -0.4 is 0 Å². The number of hydrogen-bond acceptors (Lipinski definition) is 3. The lowest BCUT2D eigenvalue weighted by Crippen LogP contribution is -2.01. The Morgan fingerprint density at radius 3 is 2.55 bits per heavy atom. The van der Waals surface area contributed by atoms with Crippen LogP contribution >= 0.6 is 10.5 Å². The second kappa shape index (κ2) is 2.92. The van der Waals surface area contributed by atoms with Crippen molar-refractivity contribution in [2.75, 3.05) is 6.26 Å². The van der Waals surface area contributed by atoms with Crippen molar-refractivity contribution in [1.29, 1.82) is 0 Å². The van der Waals surface area contributed by atoms with Crippen molar-refractivity contribution >= 4 is 26.0 Å². The Kier molecular flexibility index (Phi) is 2.31. The molecule has 1 atom stereocenters. The molecule has 3 nitrogen and oxygen atoms in total. The van der Waals surface area contributed by atoms with Crippen LogP contribution in [0.2, 0.25) is 0 Å². The van der Waals surface area contributed by atoms with Crippen molar-refractivity contribution in [3.05, 3.63) is 22.5 Å². The number of hydrogen-bond donors (Lipinski definition) is 0. The molecule has 0 aromatic heterocycles. The second-order valence-corrected chi connectivity index (χ2v) is 5.21. The highest BCUT2D eigenvalue weighted by Crippen LogP contribution is 2.17. The Bertz CT molecular complexity index is 346. The molecule has 1 rings (SSSR count). The van der Waals surface area contributed by atoms with Gasteiger partial charge in [-0.25, -0.2) is 8.42 Å². The van der Waals surface area contributed by atoms with E-state index in [9.17, 15) is 13.0 Å². The van der Waals surface area contributed by atoms with Gasteiger partial charge in [-0.15, -0.1) is 0 Å². The first-order chi connectivity index (χ1) is 5.00. The molecule has 0 radical (unpaired) electrons. The molecule has 1 heterocycles. The fourth-order valence-corrected chi connectivity index (χ4v) is 2.07. The van der Waals surface area contributed by atoms with Crippen LogP contribution in [-0.4, -0.2) is 24.6 Å². The summed E-state index contributed by atoms with van der Waals surface area (Å²) in [5.74, 6) is 0. The van der Waals surface area contributed by atoms with Crippen molar-refractivity contribution in [3.63, 3.8) is 0 Å². The summed E-state index contributed by atoms with van der Waals surface area (Å²) in [5, 5.41) is 3.40. The van der Waals surface area contributed by atoms with Crippen LogP contribution in [-0.2, 0) is 10.1 Å². The molecule has 0 spiro atoms. The third kappa shape index (κ3) is 2.28. The Morgan fingerprint density at radius 2 is 2.18 bits per heavy atom. The van der Waals surface area contributed by atoms with E-state index < -0.39 is 10.1 Å². The molecule has 0 amide bonds. The van der Waals surface area contributed by atoms with Crippen LogP contribution in [0, 0.1) is 0 Å². The third-order valence-corrected chi connectivity index (χ3v) is 3.16. The van der Waals surface area contributed by atoms with Gasteiger partial charge in [0, 0.05) is 0 Å². The van der Waals surface area contributed by atoms with E-state index in [4.69, 9.17) is 0 Å². The number of rotatable bonds is 1. The maximum absolute atomic E-state index is 10.4. The van der Waals surface area contributed by atoms with Crippen LogP contribution in [0.3, 0.4) is 0 Å². The van der Waals surface area contributed by atoms with Crippen molar-refractivity contribution in [2.45, 2.75) is 0 Å². The molecular weight excluding hydrogens is 184 g/mol. The standard InChI is InChI=1S/C6H8O3S2/c1-10-4-2-6(3-5-10)11(7,8)9/h2-5H,1H3,(H,7,8,9)/p-1. The molecule has 0 saturated heterocycles. The van der Waals surface area contributed by atoms with Gasteiger partial charge < -0.3 is 4.55 Å². The van der Waals surface area contributed by atoms with Gasteiger partial charge in [-0.3, -0.25) is 0 Å². The lowest BCUT2D eigenvalue weighted by atomic mass is 10.5. The number of allylic oxidation sites excluding steroid dienone is 2. The van der Waals surface area contributed by atoms with Crippen LogP contribution in [0.25, 0.3) is 0 Å². The molecule has 0 fully saturated rings. The first-order valence-electron chi connectivity index (χ1n) is 2.83.